The van der Waals surface area contributed by atoms with Crippen molar-refractivity contribution in [1.82, 2.24) is 4.98 Å². The summed E-state index contributed by atoms with van der Waals surface area (Å²) in [5, 5.41) is 2.03. The standard InChI is InChI=1S/C24H20N2OS/c27-24(23(19-10-3-1-4-11-19)20-12-5-2-6-13-20)26(18-21-14-9-17-28-21)22-15-7-8-16-25-22/h1-17,23H,18H2. The van der Waals surface area contributed by atoms with Crippen LogP contribution in [0, 0.1) is 0 Å². The third-order valence-electron chi connectivity index (χ3n) is 4.60. The summed E-state index contributed by atoms with van der Waals surface area (Å²) >= 11 is 1.64. The number of nitrogens with zero attached hydrogens (tertiary/aromatic N) is 2. The van der Waals surface area contributed by atoms with Crippen molar-refractivity contribution < 1.29 is 4.79 Å². The van der Waals surface area contributed by atoms with Crippen LogP contribution in [0.2, 0.25) is 0 Å². The molecule has 0 fully saturated rings. The number of aromatic nitrogens is 1. The molecule has 0 bridgehead atoms. The average Bonchev–Trinajstić information content (AvgIpc) is 3.28. The number of amides is 1. The number of carbonyl (C=O) groups excluding carboxylic acids is 1. The normalized spacial score (nSPS) is 10.8. The molecule has 2 aromatic carbocycles. The second-order valence-corrected chi connectivity index (χ2v) is 7.48. The van der Waals surface area contributed by atoms with Gasteiger partial charge in [0.05, 0.1) is 12.5 Å². The Labute approximate surface area is 168 Å². The van der Waals surface area contributed by atoms with E-state index < -0.39 is 0 Å². The van der Waals surface area contributed by atoms with Crippen LogP contribution < -0.4 is 4.90 Å². The van der Waals surface area contributed by atoms with Crippen LogP contribution in [0.1, 0.15) is 21.9 Å². The highest BCUT2D eigenvalue weighted by Crippen LogP contribution is 2.30. The van der Waals surface area contributed by atoms with Crippen LogP contribution in [-0.4, -0.2) is 10.9 Å². The minimum absolute atomic E-state index is 0.0181. The van der Waals surface area contributed by atoms with Gasteiger partial charge < -0.3 is 0 Å². The number of benzene rings is 2. The van der Waals surface area contributed by atoms with E-state index in [4.69, 9.17) is 0 Å². The van der Waals surface area contributed by atoms with Crippen molar-refractivity contribution >= 4 is 23.1 Å². The Balaban J connectivity index is 1.77. The van der Waals surface area contributed by atoms with Crippen LogP contribution in [0.25, 0.3) is 0 Å². The Morgan fingerprint density at radius 2 is 1.46 bits per heavy atom. The number of carbonyl (C=O) groups is 1. The van der Waals surface area contributed by atoms with Crippen LogP contribution in [0.3, 0.4) is 0 Å². The highest BCUT2D eigenvalue weighted by Gasteiger charge is 2.29. The molecule has 0 aliphatic heterocycles. The van der Waals surface area contributed by atoms with E-state index in [0.717, 1.165) is 16.0 Å². The van der Waals surface area contributed by atoms with E-state index in [1.54, 1.807) is 22.4 Å². The molecule has 0 unspecified atom stereocenters. The molecule has 4 rings (SSSR count). The van der Waals surface area contributed by atoms with Crippen molar-refractivity contribution in [1.29, 1.82) is 0 Å². The first kappa shape index (κ1) is 18.1. The molecule has 0 radical (unpaired) electrons. The average molecular weight is 385 g/mol. The van der Waals surface area contributed by atoms with E-state index in [2.05, 4.69) is 4.98 Å². The highest BCUT2D eigenvalue weighted by molar-refractivity contribution is 7.09. The summed E-state index contributed by atoms with van der Waals surface area (Å²) in [5.74, 6) is 0.298. The molecule has 2 aromatic heterocycles. The molecule has 28 heavy (non-hydrogen) atoms. The van der Waals surface area contributed by atoms with Gasteiger partial charge in [0.25, 0.3) is 0 Å². The van der Waals surface area contributed by atoms with Crippen molar-refractivity contribution in [3.05, 3.63) is 119 Å². The van der Waals surface area contributed by atoms with Crippen LogP contribution >= 0.6 is 11.3 Å². The Morgan fingerprint density at radius 1 is 0.821 bits per heavy atom. The van der Waals surface area contributed by atoms with Crippen molar-refractivity contribution in [3.63, 3.8) is 0 Å². The van der Waals surface area contributed by atoms with Crippen molar-refractivity contribution in [2.45, 2.75) is 12.5 Å². The maximum atomic E-state index is 13.9. The summed E-state index contributed by atoms with van der Waals surface area (Å²) in [7, 11) is 0. The van der Waals surface area contributed by atoms with E-state index in [-0.39, 0.29) is 11.8 Å². The van der Waals surface area contributed by atoms with Gasteiger partial charge in [-0.25, -0.2) is 4.98 Å². The fraction of sp³-hybridized carbons (Fsp3) is 0.0833. The molecule has 4 aromatic rings. The lowest BCUT2D eigenvalue weighted by Gasteiger charge is -2.27. The van der Waals surface area contributed by atoms with Crippen molar-refractivity contribution in [2.75, 3.05) is 4.90 Å². The zero-order valence-corrected chi connectivity index (χ0v) is 16.1. The molecular weight excluding hydrogens is 364 g/mol. The van der Waals surface area contributed by atoms with Gasteiger partial charge in [-0.1, -0.05) is 72.8 Å². The number of hydrogen-bond donors (Lipinski definition) is 0. The van der Waals surface area contributed by atoms with Crippen molar-refractivity contribution in [3.8, 4) is 0 Å². The molecule has 0 aliphatic carbocycles. The van der Waals surface area contributed by atoms with E-state index >= 15 is 0 Å². The van der Waals surface area contributed by atoms with Gasteiger partial charge in [-0.15, -0.1) is 11.3 Å². The van der Waals surface area contributed by atoms with Gasteiger partial charge in [0.15, 0.2) is 0 Å². The minimum Gasteiger partial charge on any atom is -0.291 e. The van der Waals surface area contributed by atoms with E-state index in [0.29, 0.717) is 12.4 Å². The van der Waals surface area contributed by atoms with Crippen LogP contribution in [0.15, 0.2) is 103 Å². The van der Waals surface area contributed by atoms with Gasteiger partial charge >= 0.3 is 0 Å². The van der Waals surface area contributed by atoms with Crippen LogP contribution in [0.4, 0.5) is 5.82 Å². The third kappa shape index (κ3) is 4.02. The predicted molar refractivity (Wildman–Crippen MR) is 114 cm³/mol. The third-order valence-corrected chi connectivity index (χ3v) is 5.46. The zero-order valence-electron chi connectivity index (χ0n) is 15.3. The van der Waals surface area contributed by atoms with Gasteiger partial charge in [0.2, 0.25) is 5.91 Å². The second-order valence-electron chi connectivity index (χ2n) is 6.45. The lowest BCUT2D eigenvalue weighted by atomic mass is 9.90. The number of hydrogen-bond acceptors (Lipinski definition) is 3. The van der Waals surface area contributed by atoms with Gasteiger partial charge in [0, 0.05) is 11.1 Å². The molecule has 1 amide bonds. The molecule has 0 N–H and O–H groups in total. The Bertz CT molecular complexity index is 963. The smallest absolute Gasteiger partial charge is 0.240 e. The number of rotatable bonds is 6. The van der Waals surface area contributed by atoms with E-state index in [1.807, 2.05) is 96.4 Å². The number of thiophene rings is 1. The van der Waals surface area contributed by atoms with Crippen LogP contribution in [0.5, 0.6) is 0 Å². The number of pyridine rings is 1. The minimum atomic E-state index is -0.385. The first-order valence-electron chi connectivity index (χ1n) is 9.17. The summed E-state index contributed by atoms with van der Waals surface area (Å²) in [6.07, 6.45) is 1.73. The SMILES string of the molecule is O=C(C(c1ccccc1)c1ccccc1)N(Cc1cccs1)c1ccccn1. The fourth-order valence-corrected chi connectivity index (χ4v) is 3.96. The summed E-state index contributed by atoms with van der Waals surface area (Å²) in [4.78, 5) is 21.2. The summed E-state index contributed by atoms with van der Waals surface area (Å²) < 4.78 is 0. The van der Waals surface area contributed by atoms with Gasteiger partial charge in [-0.05, 0) is 34.7 Å². The highest BCUT2D eigenvalue weighted by atomic mass is 32.1. The van der Waals surface area contributed by atoms with Gasteiger partial charge in [-0.2, -0.15) is 0 Å². The molecule has 0 spiro atoms. The molecule has 138 valence electrons. The largest absolute Gasteiger partial charge is 0.291 e. The lowest BCUT2D eigenvalue weighted by molar-refractivity contribution is -0.119. The van der Waals surface area contributed by atoms with Gasteiger partial charge in [-0.3, -0.25) is 9.69 Å². The molecule has 0 aliphatic rings. The monoisotopic (exact) mass is 384 g/mol. The Morgan fingerprint density at radius 3 is 2.00 bits per heavy atom. The molecule has 0 saturated carbocycles. The Hall–Kier alpha value is -3.24. The molecule has 0 atom stereocenters. The zero-order chi connectivity index (χ0) is 19.2. The molecule has 0 saturated heterocycles. The first-order chi connectivity index (χ1) is 13.8. The lowest BCUT2D eigenvalue weighted by Crippen LogP contribution is -2.35. The maximum Gasteiger partial charge on any atom is 0.240 e. The van der Waals surface area contributed by atoms with E-state index in [9.17, 15) is 4.79 Å². The summed E-state index contributed by atoms with van der Waals surface area (Å²) in [5.41, 5.74) is 1.96. The quantitative estimate of drug-likeness (QED) is 0.439. The predicted octanol–water partition coefficient (Wildman–Crippen LogP) is 5.51. The maximum absolute atomic E-state index is 13.9. The molecular formula is C24H20N2OS. The Kier molecular flexibility index (Phi) is 5.59. The second kappa shape index (κ2) is 8.63. The molecule has 3 nitrogen and oxygen atoms in total. The van der Waals surface area contributed by atoms with E-state index in [1.165, 1.54) is 0 Å². The summed E-state index contributed by atoms with van der Waals surface area (Å²) in [6, 6.07) is 29.6. The molecule has 2 heterocycles. The summed E-state index contributed by atoms with van der Waals surface area (Å²) in [6.45, 7) is 0.504. The number of anilines is 1. The molecule has 4 heteroatoms. The first-order valence-corrected chi connectivity index (χ1v) is 10.1. The van der Waals surface area contributed by atoms with Gasteiger partial charge in [0.1, 0.15) is 5.82 Å². The topological polar surface area (TPSA) is 33.2 Å². The van der Waals surface area contributed by atoms with Crippen LogP contribution in [-0.2, 0) is 11.3 Å². The van der Waals surface area contributed by atoms with Crippen molar-refractivity contribution in [2.24, 2.45) is 0 Å². The fourth-order valence-electron chi connectivity index (χ4n) is 3.27.